The maximum absolute atomic E-state index is 5.68. The molecule has 0 fully saturated rings. The molecule has 0 heterocycles. The first-order valence-electron chi connectivity index (χ1n) is 6.92. The van der Waals surface area contributed by atoms with E-state index in [1.807, 2.05) is 0 Å². The number of rotatable bonds is 10. The number of nitrogens with one attached hydrogen (secondary N) is 1. The summed E-state index contributed by atoms with van der Waals surface area (Å²) in [6, 6.07) is 0. The summed E-state index contributed by atoms with van der Waals surface area (Å²) < 4.78 is 5.68. The van der Waals surface area contributed by atoms with Gasteiger partial charge in [-0.2, -0.15) is 0 Å². The van der Waals surface area contributed by atoms with E-state index in [1.54, 1.807) is 0 Å². The molecule has 0 radical (unpaired) electrons. The average molecular weight is 229 g/mol. The van der Waals surface area contributed by atoms with Crippen LogP contribution in [0, 0.1) is 5.41 Å². The molecule has 0 amide bonds. The van der Waals surface area contributed by atoms with E-state index in [0.717, 1.165) is 19.7 Å². The molecule has 0 atom stereocenters. The summed E-state index contributed by atoms with van der Waals surface area (Å²) in [5.41, 5.74) is 0.435. The summed E-state index contributed by atoms with van der Waals surface area (Å²) in [5.74, 6) is 0. The topological polar surface area (TPSA) is 21.3 Å². The Bertz CT molecular complexity index is 153. The lowest BCUT2D eigenvalue weighted by atomic mass is 9.79. The highest BCUT2D eigenvalue weighted by Crippen LogP contribution is 2.29. The van der Waals surface area contributed by atoms with Crippen molar-refractivity contribution in [3.8, 4) is 0 Å². The van der Waals surface area contributed by atoms with Gasteiger partial charge in [0.15, 0.2) is 0 Å². The van der Waals surface area contributed by atoms with E-state index in [0.29, 0.717) is 11.5 Å². The zero-order chi connectivity index (χ0) is 12.4. The molecular weight excluding hydrogens is 198 g/mol. The second-order valence-electron chi connectivity index (χ2n) is 5.05. The van der Waals surface area contributed by atoms with Crippen molar-refractivity contribution in [3.05, 3.63) is 0 Å². The van der Waals surface area contributed by atoms with Crippen LogP contribution in [0.2, 0.25) is 0 Å². The third-order valence-electron chi connectivity index (χ3n) is 3.51. The third kappa shape index (κ3) is 6.49. The SMILES string of the molecule is CCCNCC(CC)(CC)CCOC(C)C. The maximum Gasteiger partial charge on any atom is 0.0518 e. The van der Waals surface area contributed by atoms with E-state index >= 15 is 0 Å². The van der Waals surface area contributed by atoms with Crippen LogP contribution in [-0.2, 0) is 4.74 Å². The normalized spacial score (nSPS) is 12.4. The zero-order valence-corrected chi connectivity index (χ0v) is 11.9. The van der Waals surface area contributed by atoms with Gasteiger partial charge in [-0.3, -0.25) is 0 Å². The molecule has 2 heteroatoms. The molecule has 1 N–H and O–H groups in total. The van der Waals surface area contributed by atoms with Crippen LogP contribution in [0.25, 0.3) is 0 Å². The fourth-order valence-corrected chi connectivity index (χ4v) is 1.98. The largest absolute Gasteiger partial charge is 0.379 e. The van der Waals surface area contributed by atoms with Gasteiger partial charge in [0.1, 0.15) is 0 Å². The summed E-state index contributed by atoms with van der Waals surface area (Å²) >= 11 is 0. The van der Waals surface area contributed by atoms with Crippen molar-refractivity contribution in [2.24, 2.45) is 5.41 Å². The Morgan fingerprint density at radius 3 is 2.19 bits per heavy atom. The summed E-state index contributed by atoms with van der Waals surface area (Å²) in [5, 5.41) is 3.56. The van der Waals surface area contributed by atoms with Gasteiger partial charge >= 0.3 is 0 Å². The van der Waals surface area contributed by atoms with E-state index in [-0.39, 0.29) is 0 Å². The van der Waals surface area contributed by atoms with Crippen LogP contribution < -0.4 is 5.32 Å². The van der Waals surface area contributed by atoms with Gasteiger partial charge < -0.3 is 10.1 Å². The Morgan fingerprint density at radius 1 is 1.12 bits per heavy atom. The van der Waals surface area contributed by atoms with Crippen LogP contribution in [0.3, 0.4) is 0 Å². The minimum Gasteiger partial charge on any atom is -0.379 e. The highest BCUT2D eigenvalue weighted by molar-refractivity contribution is 4.79. The Kier molecular flexibility index (Phi) is 8.96. The van der Waals surface area contributed by atoms with Crippen LogP contribution in [0.1, 0.15) is 60.3 Å². The Morgan fingerprint density at radius 2 is 1.75 bits per heavy atom. The zero-order valence-electron chi connectivity index (χ0n) is 11.9. The Balaban J connectivity index is 3.99. The van der Waals surface area contributed by atoms with Gasteiger partial charge in [-0.25, -0.2) is 0 Å². The van der Waals surface area contributed by atoms with Gasteiger partial charge in [-0.15, -0.1) is 0 Å². The minimum atomic E-state index is 0.356. The van der Waals surface area contributed by atoms with Crippen molar-refractivity contribution in [2.45, 2.75) is 66.4 Å². The van der Waals surface area contributed by atoms with Crippen molar-refractivity contribution < 1.29 is 4.74 Å². The van der Waals surface area contributed by atoms with Crippen molar-refractivity contribution in [1.29, 1.82) is 0 Å². The molecule has 0 unspecified atom stereocenters. The van der Waals surface area contributed by atoms with Crippen molar-refractivity contribution in [3.63, 3.8) is 0 Å². The number of hydrogen-bond donors (Lipinski definition) is 1. The van der Waals surface area contributed by atoms with Gasteiger partial charge in [0.05, 0.1) is 6.10 Å². The summed E-state index contributed by atoms with van der Waals surface area (Å²) in [4.78, 5) is 0. The molecule has 0 aliphatic heterocycles. The average Bonchev–Trinajstić information content (AvgIpc) is 2.27. The highest BCUT2D eigenvalue weighted by Gasteiger charge is 2.25. The van der Waals surface area contributed by atoms with Crippen LogP contribution in [0.5, 0.6) is 0 Å². The molecule has 2 nitrogen and oxygen atoms in total. The molecular formula is C14H31NO. The quantitative estimate of drug-likeness (QED) is 0.578. The first-order valence-corrected chi connectivity index (χ1v) is 6.92. The van der Waals surface area contributed by atoms with Gasteiger partial charge in [-0.1, -0.05) is 20.8 Å². The number of ether oxygens (including phenoxy) is 1. The van der Waals surface area contributed by atoms with E-state index < -0.39 is 0 Å². The van der Waals surface area contributed by atoms with Gasteiger partial charge in [0.25, 0.3) is 0 Å². The first-order chi connectivity index (χ1) is 7.60. The monoisotopic (exact) mass is 229 g/mol. The van der Waals surface area contributed by atoms with Gasteiger partial charge in [-0.05, 0) is 51.5 Å². The molecule has 0 aromatic rings. The van der Waals surface area contributed by atoms with Crippen molar-refractivity contribution >= 4 is 0 Å². The van der Waals surface area contributed by atoms with Crippen molar-refractivity contribution in [2.75, 3.05) is 19.7 Å². The lowest BCUT2D eigenvalue weighted by molar-refractivity contribution is 0.0478. The highest BCUT2D eigenvalue weighted by atomic mass is 16.5. The smallest absolute Gasteiger partial charge is 0.0518 e. The summed E-state index contributed by atoms with van der Waals surface area (Å²) in [7, 11) is 0. The molecule has 0 rings (SSSR count). The van der Waals surface area contributed by atoms with Gasteiger partial charge in [0.2, 0.25) is 0 Å². The minimum absolute atomic E-state index is 0.356. The predicted molar refractivity (Wildman–Crippen MR) is 71.9 cm³/mol. The second-order valence-corrected chi connectivity index (χ2v) is 5.05. The van der Waals surface area contributed by atoms with Crippen LogP contribution in [0.4, 0.5) is 0 Å². The van der Waals surface area contributed by atoms with E-state index in [9.17, 15) is 0 Å². The molecule has 0 aromatic heterocycles. The molecule has 0 aromatic carbocycles. The van der Waals surface area contributed by atoms with Crippen molar-refractivity contribution in [1.82, 2.24) is 5.32 Å². The fourth-order valence-electron chi connectivity index (χ4n) is 1.98. The lowest BCUT2D eigenvalue weighted by Gasteiger charge is -2.32. The Labute approximate surface area is 102 Å². The van der Waals surface area contributed by atoms with Crippen LogP contribution in [-0.4, -0.2) is 25.8 Å². The fraction of sp³-hybridized carbons (Fsp3) is 1.00. The first kappa shape index (κ1) is 15.9. The molecule has 0 aliphatic rings. The van der Waals surface area contributed by atoms with Gasteiger partial charge in [0, 0.05) is 13.2 Å². The molecule has 0 aliphatic carbocycles. The standard InChI is InChI=1S/C14H31NO/c1-6-10-15-12-14(7-2,8-3)9-11-16-13(4)5/h13,15H,6-12H2,1-5H3. The summed E-state index contributed by atoms with van der Waals surface area (Å²) in [6.07, 6.45) is 5.22. The molecule has 98 valence electrons. The maximum atomic E-state index is 5.68. The summed E-state index contributed by atoms with van der Waals surface area (Å²) in [6.45, 7) is 14.2. The van der Waals surface area contributed by atoms with E-state index in [2.05, 4.69) is 39.9 Å². The molecule has 0 saturated carbocycles. The van der Waals surface area contributed by atoms with Crippen LogP contribution in [0.15, 0.2) is 0 Å². The number of hydrogen-bond acceptors (Lipinski definition) is 2. The predicted octanol–water partition coefficient (Wildman–Crippen LogP) is 3.61. The van der Waals surface area contributed by atoms with E-state index in [4.69, 9.17) is 4.74 Å². The lowest BCUT2D eigenvalue weighted by Crippen LogP contribution is -2.35. The Hall–Kier alpha value is -0.0800. The van der Waals surface area contributed by atoms with Crippen LogP contribution >= 0.6 is 0 Å². The third-order valence-corrected chi connectivity index (χ3v) is 3.51. The molecule has 0 bridgehead atoms. The molecule has 0 saturated heterocycles. The molecule has 0 spiro atoms. The van der Waals surface area contributed by atoms with E-state index in [1.165, 1.54) is 25.7 Å². The molecule has 16 heavy (non-hydrogen) atoms. The second kappa shape index (κ2) is 9.00.